The molecule has 0 saturated heterocycles. The Labute approximate surface area is 158 Å². The zero-order valence-electron chi connectivity index (χ0n) is 15.4. The van der Waals surface area contributed by atoms with E-state index >= 15 is 0 Å². The number of aromatic nitrogens is 2. The van der Waals surface area contributed by atoms with Crippen molar-refractivity contribution in [2.24, 2.45) is 11.0 Å². The summed E-state index contributed by atoms with van der Waals surface area (Å²) in [6, 6.07) is 13.3. The maximum atomic E-state index is 12.9. The summed E-state index contributed by atoms with van der Waals surface area (Å²) in [6.45, 7) is 2.17. The van der Waals surface area contributed by atoms with Gasteiger partial charge in [0.2, 0.25) is 0 Å². The Morgan fingerprint density at radius 3 is 2.89 bits per heavy atom. The molecule has 1 aliphatic rings. The third kappa shape index (κ3) is 3.72. The molecule has 0 unspecified atom stereocenters. The van der Waals surface area contributed by atoms with Crippen molar-refractivity contribution in [3.8, 4) is 11.3 Å². The molecule has 3 aromatic rings. The molecule has 2 aromatic heterocycles. The van der Waals surface area contributed by atoms with E-state index in [0.717, 1.165) is 47.1 Å². The third-order valence-corrected chi connectivity index (χ3v) is 5.11. The molecule has 27 heavy (non-hydrogen) atoms. The molecule has 0 bridgehead atoms. The lowest BCUT2D eigenvalue weighted by molar-refractivity contribution is 0.0956. The van der Waals surface area contributed by atoms with Gasteiger partial charge < -0.3 is 0 Å². The molecular formula is C22H22N4O. The van der Waals surface area contributed by atoms with Gasteiger partial charge >= 0.3 is 0 Å². The van der Waals surface area contributed by atoms with Crippen LogP contribution in [0, 0.1) is 5.92 Å². The first-order valence-electron chi connectivity index (χ1n) is 9.39. The number of para-hydroxylation sites is 1. The second-order valence-electron chi connectivity index (χ2n) is 7.00. The zero-order chi connectivity index (χ0) is 18.6. The summed E-state index contributed by atoms with van der Waals surface area (Å²) in [7, 11) is 0. The number of carbonyl (C=O) groups is 1. The predicted octanol–water partition coefficient (Wildman–Crippen LogP) is 4.59. The second-order valence-corrected chi connectivity index (χ2v) is 7.00. The van der Waals surface area contributed by atoms with Gasteiger partial charge in [-0.25, -0.2) is 10.4 Å². The number of benzene rings is 1. The van der Waals surface area contributed by atoms with Crippen molar-refractivity contribution in [3.05, 3.63) is 60.4 Å². The highest BCUT2D eigenvalue weighted by molar-refractivity contribution is 6.07. The number of amides is 1. The standard InChI is InChI=1S/C22H22N4O/c1-15-7-2-4-10-19(15)25-26-22(27)18-13-21(16-8-6-12-23-14-16)24-20-11-5-3-9-17(18)20/h3,5-6,8-9,11-15H,2,4,7,10H2,1H3,(H,26,27)/b25-19-/t15-/m1/s1. The number of carbonyl (C=O) groups excluding carboxylic acids is 1. The smallest absolute Gasteiger partial charge is 0.267 e. The molecule has 1 saturated carbocycles. The lowest BCUT2D eigenvalue weighted by Gasteiger charge is -2.19. The van der Waals surface area contributed by atoms with Crippen molar-refractivity contribution in [2.75, 3.05) is 0 Å². The summed E-state index contributed by atoms with van der Waals surface area (Å²) < 4.78 is 0. The van der Waals surface area contributed by atoms with Crippen LogP contribution >= 0.6 is 0 Å². The SMILES string of the molecule is C[C@@H]1CCCC/C1=N/NC(=O)c1cc(-c2cccnc2)nc2ccccc12. The fraction of sp³-hybridized carbons (Fsp3) is 0.273. The van der Waals surface area contributed by atoms with Crippen LogP contribution in [0.15, 0.2) is 60.0 Å². The van der Waals surface area contributed by atoms with Crippen LogP contribution in [0.4, 0.5) is 0 Å². The number of nitrogens with one attached hydrogen (secondary N) is 1. The highest BCUT2D eigenvalue weighted by atomic mass is 16.2. The molecule has 0 radical (unpaired) electrons. The lowest BCUT2D eigenvalue weighted by Crippen LogP contribution is -2.24. The largest absolute Gasteiger partial charge is 0.272 e. The van der Waals surface area contributed by atoms with Crippen LogP contribution in [0.5, 0.6) is 0 Å². The van der Waals surface area contributed by atoms with Crippen LogP contribution in [0.3, 0.4) is 0 Å². The number of nitrogens with zero attached hydrogens (tertiary/aromatic N) is 3. The van der Waals surface area contributed by atoms with Gasteiger partial charge in [0, 0.05) is 29.1 Å². The second kappa shape index (κ2) is 7.66. The summed E-state index contributed by atoms with van der Waals surface area (Å²) in [5, 5.41) is 5.25. The molecule has 1 N–H and O–H groups in total. The third-order valence-electron chi connectivity index (χ3n) is 5.11. The summed E-state index contributed by atoms with van der Waals surface area (Å²) in [4.78, 5) is 21.8. The van der Waals surface area contributed by atoms with Gasteiger partial charge in [-0.15, -0.1) is 0 Å². The fourth-order valence-corrected chi connectivity index (χ4v) is 3.54. The molecule has 0 aliphatic heterocycles. The van der Waals surface area contributed by atoms with Gasteiger partial charge in [0.15, 0.2) is 0 Å². The first-order valence-corrected chi connectivity index (χ1v) is 9.39. The van der Waals surface area contributed by atoms with E-state index in [1.54, 1.807) is 12.4 Å². The van der Waals surface area contributed by atoms with Crippen LogP contribution in [-0.2, 0) is 0 Å². The van der Waals surface area contributed by atoms with Gasteiger partial charge in [-0.2, -0.15) is 5.10 Å². The minimum absolute atomic E-state index is 0.205. The van der Waals surface area contributed by atoms with E-state index in [9.17, 15) is 4.79 Å². The number of rotatable bonds is 3. The highest BCUT2D eigenvalue weighted by Crippen LogP contribution is 2.25. The Morgan fingerprint density at radius 2 is 2.07 bits per heavy atom. The van der Waals surface area contributed by atoms with E-state index in [1.165, 1.54) is 6.42 Å². The number of hydrogen-bond acceptors (Lipinski definition) is 4. The minimum atomic E-state index is -0.205. The lowest BCUT2D eigenvalue weighted by atomic mass is 9.89. The molecule has 1 amide bonds. The van der Waals surface area contributed by atoms with E-state index in [0.29, 0.717) is 11.5 Å². The Bertz CT molecular complexity index is 998. The summed E-state index contributed by atoms with van der Waals surface area (Å²) in [5.41, 5.74) is 6.82. The van der Waals surface area contributed by atoms with Crippen LogP contribution in [0.2, 0.25) is 0 Å². The molecule has 1 aliphatic carbocycles. The van der Waals surface area contributed by atoms with Gasteiger partial charge in [0.25, 0.3) is 5.91 Å². The Balaban J connectivity index is 1.71. The van der Waals surface area contributed by atoms with E-state index < -0.39 is 0 Å². The van der Waals surface area contributed by atoms with E-state index in [2.05, 4.69) is 22.4 Å². The molecular weight excluding hydrogens is 336 g/mol. The number of pyridine rings is 2. The van der Waals surface area contributed by atoms with Gasteiger partial charge in [0.1, 0.15) is 0 Å². The average molecular weight is 358 g/mol. The van der Waals surface area contributed by atoms with E-state index in [-0.39, 0.29) is 5.91 Å². The summed E-state index contributed by atoms with van der Waals surface area (Å²) in [6.07, 6.45) is 7.94. The molecule has 5 heteroatoms. The normalized spacial score (nSPS) is 18.6. The van der Waals surface area contributed by atoms with Crippen molar-refractivity contribution >= 4 is 22.5 Å². The topological polar surface area (TPSA) is 67.2 Å². The minimum Gasteiger partial charge on any atom is -0.267 e. The van der Waals surface area contributed by atoms with Crippen molar-refractivity contribution in [1.29, 1.82) is 0 Å². The number of hydrogen-bond donors (Lipinski definition) is 1. The first kappa shape index (κ1) is 17.3. The molecule has 136 valence electrons. The average Bonchev–Trinajstić information content (AvgIpc) is 2.73. The van der Waals surface area contributed by atoms with Crippen molar-refractivity contribution < 1.29 is 4.79 Å². The first-order chi connectivity index (χ1) is 13.2. The Morgan fingerprint density at radius 1 is 1.19 bits per heavy atom. The van der Waals surface area contributed by atoms with Gasteiger partial charge in [0.05, 0.1) is 16.8 Å². The maximum Gasteiger partial charge on any atom is 0.272 e. The molecule has 1 aromatic carbocycles. The van der Waals surface area contributed by atoms with Crippen molar-refractivity contribution in [1.82, 2.24) is 15.4 Å². The van der Waals surface area contributed by atoms with Gasteiger partial charge in [-0.05, 0) is 49.4 Å². The Hall–Kier alpha value is -3.08. The Kier molecular flexibility index (Phi) is 4.92. The maximum absolute atomic E-state index is 12.9. The van der Waals surface area contributed by atoms with Gasteiger partial charge in [-0.3, -0.25) is 9.78 Å². The van der Waals surface area contributed by atoms with Crippen molar-refractivity contribution in [2.45, 2.75) is 32.6 Å². The molecule has 2 heterocycles. The molecule has 1 atom stereocenters. The molecule has 0 spiro atoms. The van der Waals surface area contributed by atoms with Crippen LogP contribution in [0.25, 0.3) is 22.2 Å². The van der Waals surface area contributed by atoms with Gasteiger partial charge in [-0.1, -0.05) is 31.5 Å². The summed E-state index contributed by atoms with van der Waals surface area (Å²) in [5.74, 6) is 0.225. The zero-order valence-corrected chi connectivity index (χ0v) is 15.4. The van der Waals surface area contributed by atoms with E-state index in [4.69, 9.17) is 4.98 Å². The van der Waals surface area contributed by atoms with E-state index in [1.807, 2.05) is 42.5 Å². The van der Waals surface area contributed by atoms with Crippen LogP contribution in [0.1, 0.15) is 43.0 Å². The van der Waals surface area contributed by atoms with Crippen LogP contribution in [-0.4, -0.2) is 21.6 Å². The number of fused-ring (bicyclic) bond motifs is 1. The predicted molar refractivity (Wildman–Crippen MR) is 108 cm³/mol. The molecule has 4 rings (SSSR count). The molecule has 5 nitrogen and oxygen atoms in total. The summed E-state index contributed by atoms with van der Waals surface area (Å²) >= 11 is 0. The quantitative estimate of drug-likeness (QED) is 0.696. The van der Waals surface area contributed by atoms with Crippen LogP contribution < -0.4 is 5.43 Å². The molecule has 1 fully saturated rings. The highest BCUT2D eigenvalue weighted by Gasteiger charge is 2.18. The van der Waals surface area contributed by atoms with Crippen molar-refractivity contribution in [3.63, 3.8) is 0 Å². The monoisotopic (exact) mass is 358 g/mol. The number of hydrazone groups is 1. The fourth-order valence-electron chi connectivity index (χ4n) is 3.54.